The Bertz CT molecular complexity index is 682. The van der Waals surface area contributed by atoms with Gasteiger partial charge in [-0.15, -0.1) is 0 Å². The molecule has 0 saturated heterocycles. The molecule has 21 heavy (non-hydrogen) atoms. The maximum atomic E-state index is 12.1. The van der Waals surface area contributed by atoms with Crippen LogP contribution in [0.1, 0.15) is 16.2 Å². The number of amides is 1. The van der Waals surface area contributed by atoms with Crippen molar-refractivity contribution in [2.45, 2.75) is 6.54 Å². The van der Waals surface area contributed by atoms with Crippen molar-refractivity contribution in [1.82, 2.24) is 20.1 Å². The minimum atomic E-state index is -0.664. The highest BCUT2D eigenvalue weighted by Crippen LogP contribution is 2.27. The SMILES string of the molecule is Cn1cnc(CNC(=O)c2cccc(NN)c2[N+](=O)[O-])n1. The molecule has 2 rings (SSSR count). The second-order valence-corrected chi connectivity index (χ2v) is 4.12. The minimum Gasteiger partial charge on any atom is -0.344 e. The Balaban J connectivity index is 2.20. The predicted molar refractivity (Wildman–Crippen MR) is 73.1 cm³/mol. The van der Waals surface area contributed by atoms with E-state index in [9.17, 15) is 14.9 Å². The number of nitro benzene ring substituents is 1. The first-order valence-electron chi connectivity index (χ1n) is 5.89. The van der Waals surface area contributed by atoms with Crippen LogP contribution in [0.5, 0.6) is 0 Å². The fourth-order valence-electron chi connectivity index (χ4n) is 1.76. The number of nitro groups is 1. The summed E-state index contributed by atoms with van der Waals surface area (Å²) < 4.78 is 1.49. The van der Waals surface area contributed by atoms with E-state index in [1.165, 1.54) is 29.2 Å². The maximum absolute atomic E-state index is 12.1. The number of hydrazine groups is 1. The zero-order chi connectivity index (χ0) is 15.4. The van der Waals surface area contributed by atoms with Gasteiger partial charge in [0.25, 0.3) is 5.91 Å². The number of carbonyl (C=O) groups excluding carboxylic acids is 1. The van der Waals surface area contributed by atoms with Gasteiger partial charge in [0.1, 0.15) is 17.6 Å². The lowest BCUT2D eigenvalue weighted by Crippen LogP contribution is -2.25. The quantitative estimate of drug-likeness (QED) is 0.398. The normalized spacial score (nSPS) is 10.2. The zero-order valence-corrected chi connectivity index (χ0v) is 11.1. The number of aryl methyl sites for hydroxylation is 1. The molecule has 0 atom stereocenters. The van der Waals surface area contributed by atoms with Crippen LogP contribution < -0.4 is 16.6 Å². The summed E-state index contributed by atoms with van der Waals surface area (Å²) in [5.74, 6) is 5.02. The number of nitrogens with one attached hydrogen (secondary N) is 2. The number of para-hydroxylation sites is 1. The van der Waals surface area contributed by atoms with Gasteiger partial charge in [0.05, 0.1) is 11.5 Å². The number of nitrogens with two attached hydrogens (primary N) is 1. The van der Waals surface area contributed by atoms with Gasteiger partial charge in [-0.05, 0) is 12.1 Å². The van der Waals surface area contributed by atoms with Crippen LogP contribution in [0.25, 0.3) is 0 Å². The fourth-order valence-corrected chi connectivity index (χ4v) is 1.76. The van der Waals surface area contributed by atoms with Crippen molar-refractivity contribution < 1.29 is 9.72 Å². The number of rotatable bonds is 5. The van der Waals surface area contributed by atoms with Crippen LogP contribution in [0.2, 0.25) is 0 Å². The molecule has 110 valence electrons. The molecule has 0 saturated carbocycles. The van der Waals surface area contributed by atoms with E-state index in [0.29, 0.717) is 5.82 Å². The minimum absolute atomic E-state index is 0.0589. The summed E-state index contributed by atoms with van der Waals surface area (Å²) in [4.78, 5) is 26.4. The van der Waals surface area contributed by atoms with E-state index >= 15 is 0 Å². The summed E-state index contributed by atoms with van der Waals surface area (Å²) in [6, 6.07) is 4.26. The lowest BCUT2D eigenvalue weighted by Gasteiger charge is -2.07. The van der Waals surface area contributed by atoms with Crippen LogP contribution >= 0.6 is 0 Å². The number of benzene rings is 1. The smallest absolute Gasteiger partial charge is 0.306 e. The molecule has 0 aliphatic heterocycles. The first-order chi connectivity index (χ1) is 10.0. The number of hydrogen-bond donors (Lipinski definition) is 3. The summed E-state index contributed by atoms with van der Waals surface area (Å²) in [5.41, 5.74) is 1.78. The molecule has 1 amide bonds. The molecule has 10 nitrogen and oxygen atoms in total. The van der Waals surface area contributed by atoms with Crippen molar-refractivity contribution >= 4 is 17.3 Å². The Kier molecular flexibility index (Phi) is 4.09. The van der Waals surface area contributed by atoms with E-state index in [4.69, 9.17) is 5.84 Å². The molecule has 1 aromatic carbocycles. The second kappa shape index (κ2) is 5.96. The van der Waals surface area contributed by atoms with Crippen molar-refractivity contribution in [1.29, 1.82) is 0 Å². The van der Waals surface area contributed by atoms with Crippen LogP contribution in [0.3, 0.4) is 0 Å². The zero-order valence-electron chi connectivity index (χ0n) is 11.1. The van der Waals surface area contributed by atoms with Gasteiger partial charge in [0, 0.05) is 7.05 Å². The summed E-state index contributed by atoms with van der Waals surface area (Å²) in [6.07, 6.45) is 1.49. The van der Waals surface area contributed by atoms with Crippen molar-refractivity contribution in [3.8, 4) is 0 Å². The first kappa shape index (κ1) is 14.4. The third-order valence-electron chi connectivity index (χ3n) is 2.67. The third-order valence-corrected chi connectivity index (χ3v) is 2.67. The molecule has 2 aromatic rings. The lowest BCUT2D eigenvalue weighted by molar-refractivity contribution is -0.384. The Morgan fingerprint density at radius 2 is 2.29 bits per heavy atom. The second-order valence-electron chi connectivity index (χ2n) is 4.12. The van der Waals surface area contributed by atoms with Gasteiger partial charge in [-0.25, -0.2) is 4.98 Å². The Labute approximate surface area is 119 Å². The fraction of sp³-hybridized carbons (Fsp3) is 0.182. The average Bonchev–Trinajstić information content (AvgIpc) is 2.89. The summed E-state index contributed by atoms with van der Waals surface area (Å²) in [6.45, 7) is 0.0666. The van der Waals surface area contributed by atoms with E-state index in [1.807, 2.05) is 0 Å². The Hall–Kier alpha value is -3.01. The molecule has 0 unspecified atom stereocenters. The molecular weight excluding hydrogens is 278 g/mol. The first-order valence-corrected chi connectivity index (χ1v) is 5.89. The molecule has 0 bridgehead atoms. The number of carbonyl (C=O) groups is 1. The van der Waals surface area contributed by atoms with Gasteiger partial charge in [-0.2, -0.15) is 5.10 Å². The monoisotopic (exact) mass is 291 g/mol. The standard InChI is InChI=1S/C11H13N7O3/c1-17-6-14-9(16-17)5-13-11(19)7-3-2-4-8(15-12)10(7)18(20)21/h2-4,6,15H,5,12H2,1H3,(H,13,19). The van der Waals surface area contributed by atoms with Gasteiger partial charge in [0.15, 0.2) is 5.82 Å². The summed E-state index contributed by atoms with van der Waals surface area (Å²) >= 11 is 0. The van der Waals surface area contributed by atoms with Crippen molar-refractivity contribution in [2.75, 3.05) is 5.43 Å². The van der Waals surface area contributed by atoms with Gasteiger partial charge in [-0.3, -0.25) is 25.4 Å². The number of hydrogen-bond acceptors (Lipinski definition) is 7. The highest BCUT2D eigenvalue weighted by atomic mass is 16.6. The van der Waals surface area contributed by atoms with E-state index in [1.54, 1.807) is 7.05 Å². The number of nitrogens with zero attached hydrogens (tertiary/aromatic N) is 4. The number of aromatic nitrogens is 3. The summed E-state index contributed by atoms with van der Waals surface area (Å²) in [5, 5.41) is 17.6. The molecule has 0 aliphatic rings. The van der Waals surface area contributed by atoms with Gasteiger partial charge < -0.3 is 10.7 Å². The van der Waals surface area contributed by atoms with Crippen molar-refractivity contribution in [2.24, 2.45) is 12.9 Å². The van der Waals surface area contributed by atoms with Crippen LogP contribution in [-0.4, -0.2) is 25.6 Å². The topological polar surface area (TPSA) is 141 Å². The Morgan fingerprint density at radius 1 is 1.52 bits per heavy atom. The molecule has 0 spiro atoms. The molecule has 1 heterocycles. The van der Waals surface area contributed by atoms with E-state index in [2.05, 4.69) is 20.8 Å². The van der Waals surface area contributed by atoms with Crippen LogP contribution in [0.4, 0.5) is 11.4 Å². The predicted octanol–water partition coefficient (Wildman–Crippen LogP) is -0.0611. The van der Waals surface area contributed by atoms with Crippen LogP contribution in [0.15, 0.2) is 24.5 Å². The molecule has 10 heteroatoms. The van der Waals surface area contributed by atoms with Crippen molar-refractivity contribution in [3.05, 3.63) is 46.0 Å². The maximum Gasteiger partial charge on any atom is 0.306 e. The molecule has 4 N–H and O–H groups in total. The van der Waals surface area contributed by atoms with Gasteiger partial charge in [-0.1, -0.05) is 6.07 Å². The highest BCUT2D eigenvalue weighted by Gasteiger charge is 2.24. The van der Waals surface area contributed by atoms with E-state index in [0.717, 1.165) is 0 Å². The van der Waals surface area contributed by atoms with E-state index < -0.39 is 10.8 Å². The van der Waals surface area contributed by atoms with E-state index in [-0.39, 0.29) is 23.5 Å². The largest absolute Gasteiger partial charge is 0.344 e. The summed E-state index contributed by atoms with van der Waals surface area (Å²) in [7, 11) is 1.69. The van der Waals surface area contributed by atoms with Gasteiger partial charge >= 0.3 is 5.69 Å². The molecule has 0 fully saturated rings. The third kappa shape index (κ3) is 3.12. The van der Waals surface area contributed by atoms with Crippen molar-refractivity contribution in [3.63, 3.8) is 0 Å². The average molecular weight is 291 g/mol. The molecule has 1 aromatic heterocycles. The van der Waals surface area contributed by atoms with Crippen LogP contribution in [-0.2, 0) is 13.6 Å². The highest BCUT2D eigenvalue weighted by molar-refractivity contribution is 6.00. The van der Waals surface area contributed by atoms with Gasteiger partial charge in [0.2, 0.25) is 0 Å². The van der Waals surface area contributed by atoms with Crippen LogP contribution in [0, 0.1) is 10.1 Å². The number of anilines is 1. The molecule has 0 aliphatic carbocycles. The Morgan fingerprint density at radius 3 is 2.86 bits per heavy atom. The molecular formula is C11H13N7O3. The number of nitrogen functional groups attached to an aromatic ring is 1. The molecule has 0 radical (unpaired) electrons. The lowest BCUT2D eigenvalue weighted by atomic mass is 10.1.